The molecule has 2 heterocycles. The zero-order chi connectivity index (χ0) is 29.2. The van der Waals surface area contributed by atoms with Gasteiger partial charge in [0.05, 0.1) is 0 Å². The van der Waals surface area contributed by atoms with Crippen molar-refractivity contribution in [1.82, 2.24) is 16.1 Å². The largest absolute Gasteiger partial charge is 0.484 e. The van der Waals surface area contributed by atoms with E-state index in [2.05, 4.69) is 10.6 Å². The number of benzene rings is 2. The normalized spacial score (nSPS) is 11.5. The second-order valence-electron chi connectivity index (χ2n) is 8.96. The van der Waals surface area contributed by atoms with Crippen molar-refractivity contribution < 1.29 is 32.7 Å². The van der Waals surface area contributed by atoms with Gasteiger partial charge >= 0.3 is 11.3 Å². The molecule has 1 atom stereocenters. The number of hydrogen-bond acceptors (Lipinski definition) is 10. The van der Waals surface area contributed by atoms with Gasteiger partial charge in [0.15, 0.2) is 13.2 Å². The molecular formula is C28H28N4O9. The summed E-state index contributed by atoms with van der Waals surface area (Å²) in [5.41, 5.74) is 1.71. The van der Waals surface area contributed by atoms with Gasteiger partial charge < -0.3 is 28.9 Å². The smallest absolute Gasteiger partial charge is 0.336 e. The first-order valence-corrected chi connectivity index (χ1v) is 12.7. The molecule has 2 aromatic heterocycles. The Labute approximate surface area is 232 Å². The molecule has 0 aliphatic carbocycles. The molecule has 0 aliphatic rings. The fourth-order valence-electron chi connectivity index (χ4n) is 3.92. The standard InChI is InChI=1S/C28H28N4O9/c29-32-28(37)21(31-25(34)16-39-20-9-5-18-7-11-27(36)41-23(18)14-20)3-1-2-12-30-24(33)15-38-19-8-4-17-6-10-26(35)40-22(17)13-19/h4-11,13-14,21H,1-3,12,15-16,29H2,(H,30,33)(H,31,34)(H,32,37). The van der Waals surface area contributed by atoms with Gasteiger partial charge in [0.2, 0.25) is 0 Å². The number of nitrogens with two attached hydrogens (primary N) is 1. The average Bonchev–Trinajstić information content (AvgIpc) is 2.97. The topological polar surface area (TPSA) is 192 Å². The first-order valence-electron chi connectivity index (χ1n) is 12.7. The highest BCUT2D eigenvalue weighted by Crippen LogP contribution is 2.20. The molecule has 1 unspecified atom stereocenters. The first kappa shape index (κ1) is 28.8. The van der Waals surface area contributed by atoms with E-state index in [1.54, 1.807) is 36.4 Å². The fraction of sp³-hybridized carbons (Fsp3) is 0.250. The number of rotatable bonds is 13. The van der Waals surface area contributed by atoms with Crippen molar-refractivity contribution in [3.63, 3.8) is 0 Å². The molecule has 3 amide bonds. The minimum Gasteiger partial charge on any atom is -0.484 e. The van der Waals surface area contributed by atoms with E-state index < -0.39 is 29.1 Å². The number of hydrazine groups is 1. The van der Waals surface area contributed by atoms with Crippen LogP contribution in [0, 0.1) is 0 Å². The second kappa shape index (κ2) is 13.8. The third-order valence-corrected chi connectivity index (χ3v) is 5.96. The van der Waals surface area contributed by atoms with Crippen molar-refractivity contribution in [1.29, 1.82) is 0 Å². The van der Waals surface area contributed by atoms with Gasteiger partial charge in [-0.25, -0.2) is 15.4 Å². The average molecular weight is 565 g/mol. The molecule has 0 saturated heterocycles. The van der Waals surface area contributed by atoms with E-state index >= 15 is 0 Å². The summed E-state index contributed by atoms with van der Waals surface area (Å²) in [6.45, 7) is -0.294. The lowest BCUT2D eigenvalue weighted by Crippen LogP contribution is -2.50. The fourth-order valence-corrected chi connectivity index (χ4v) is 3.92. The lowest BCUT2D eigenvalue weighted by Gasteiger charge is -2.17. The lowest BCUT2D eigenvalue weighted by atomic mass is 10.1. The Morgan fingerprint density at radius 3 is 1.85 bits per heavy atom. The summed E-state index contributed by atoms with van der Waals surface area (Å²) in [6.07, 6.45) is 1.29. The van der Waals surface area contributed by atoms with E-state index in [9.17, 15) is 24.0 Å². The maximum atomic E-state index is 12.4. The Balaban J connectivity index is 1.16. The summed E-state index contributed by atoms with van der Waals surface area (Å²) in [7, 11) is 0. The van der Waals surface area contributed by atoms with Gasteiger partial charge in [-0.15, -0.1) is 0 Å². The summed E-state index contributed by atoms with van der Waals surface area (Å²) >= 11 is 0. The summed E-state index contributed by atoms with van der Waals surface area (Å²) in [4.78, 5) is 59.5. The predicted octanol–water partition coefficient (Wildman–Crippen LogP) is 1.12. The van der Waals surface area contributed by atoms with Crippen LogP contribution in [0.2, 0.25) is 0 Å². The van der Waals surface area contributed by atoms with E-state index in [0.29, 0.717) is 47.4 Å². The van der Waals surface area contributed by atoms with Gasteiger partial charge in [0.1, 0.15) is 28.7 Å². The van der Waals surface area contributed by atoms with E-state index in [1.807, 2.05) is 5.43 Å². The van der Waals surface area contributed by atoms with Crippen LogP contribution in [-0.4, -0.2) is 43.5 Å². The molecule has 13 nitrogen and oxygen atoms in total. The van der Waals surface area contributed by atoms with Gasteiger partial charge in [-0.05, 0) is 55.7 Å². The molecule has 0 saturated carbocycles. The van der Waals surface area contributed by atoms with Crippen LogP contribution in [0.5, 0.6) is 11.5 Å². The van der Waals surface area contributed by atoms with Crippen molar-refractivity contribution in [2.45, 2.75) is 25.3 Å². The number of unbranched alkanes of at least 4 members (excludes halogenated alkanes) is 1. The zero-order valence-electron chi connectivity index (χ0n) is 21.8. The molecule has 4 aromatic rings. The Bertz CT molecular complexity index is 1660. The van der Waals surface area contributed by atoms with Crippen molar-refractivity contribution in [2.24, 2.45) is 5.84 Å². The molecule has 0 radical (unpaired) electrons. The maximum Gasteiger partial charge on any atom is 0.336 e. The number of amides is 3. The third kappa shape index (κ3) is 8.41. The highest BCUT2D eigenvalue weighted by atomic mass is 16.5. The Morgan fingerprint density at radius 2 is 1.29 bits per heavy atom. The second-order valence-corrected chi connectivity index (χ2v) is 8.96. The maximum absolute atomic E-state index is 12.4. The molecule has 41 heavy (non-hydrogen) atoms. The van der Waals surface area contributed by atoms with Gasteiger partial charge in [0.25, 0.3) is 17.7 Å². The minimum atomic E-state index is -0.905. The van der Waals surface area contributed by atoms with Crippen LogP contribution in [0.3, 0.4) is 0 Å². The van der Waals surface area contributed by atoms with Crippen LogP contribution in [0.15, 0.2) is 79.1 Å². The van der Waals surface area contributed by atoms with Crippen LogP contribution in [-0.2, 0) is 14.4 Å². The lowest BCUT2D eigenvalue weighted by molar-refractivity contribution is -0.130. The molecule has 214 valence electrons. The van der Waals surface area contributed by atoms with Crippen molar-refractivity contribution in [2.75, 3.05) is 19.8 Å². The zero-order valence-corrected chi connectivity index (χ0v) is 21.8. The molecule has 13 heteroatoms. The molecule has 5 N–H and O–H groups in total. The van der Waals surface area contributed by atoms with Crippen molar-refractivity contribution in [3.05, 3.63) is 81.5 Å². The van der Waals surface area contributed by atoms with Crippen LogP contribution < -0.4 is 42.6 Å². The van der Waals surface area contributed by atoms with Gasteiger partial charge in [-0.3, -0.25) is 19.8 Å². The Hall–Kier alpha value is -5.17. The van der Waals surface area contributed by atoms with Gasteiger partial charge in [0, 0.05) is 41.6 Å². The third-order valence-electron chi connectivity index (χ3n) is 5.96. The SMILES string of the molecule is NNC(=O)C(CCCCNC(=O)COc1ccc2ccc(=O)oc2c1)NC(=O)COc1ccc2ccc(=O)oc2c1. The number of nitrogens with one attached hydrogen (secondary N) is 3. The van der Waals surface area contributed by atoms with Crippen molar-refractivity contribution >= 4 is 39.7 Å². The molecule has 4 rings (SSSR count). The number of ether oxygens (including phenoxy) is 2. The molecular weight excluding hydrogens is 536 g/mol. The highest BCUT2D eigenvalue weighted by molar-refractivity contribution is 5.88. The monoisotopic (exact) mass is 564 g/mol. The molecule has 0 spiro atoms. The molecule has 2 aromatic carbocycles. The summed E-state index contributed by atoms with van der Waals surface area (Å²) in [5, 5.41) is 6.72. The van der Waals surface area contributed by atoms with E-state index in [1.165, 1.54) is 24.3 Å². The van der Waals surface area contributed by atoms with E-state index in [-0.39, 0.29) is 25.5 Å². The number of carbonyl (C=O) groups is 3. The number of fused-ring (bicyclic) bond motifs is 2. The van der Waals surface area contributed by atoms with Crippen LogP contribution >= 0.6 is 0 Å². The Kier molecular flexibility index (Phi) is 9.67. The quantitative estimate of drug-likeness (QED) is 0.0601. The van der Waals surface area contributed by atoms with Crippen LogP contribution in [0.25, 0.3) is 21.9 Å². The Morgan fingerprint density at radius 1 is 0.756 bits per heavy atom. The number of hydrogen-bond donors (Lipinski definition) is 4. The summed E-state index contributed by atoms with van der Waals surface area (Å²) in [5.74, 6) is 4.47. The summed E-state index contributed by atoms with van der Waals surface area (Å²) in [6, 6.07) is 14.7. The van der Waals surface area contributed by atoms with E-state index in [0.717, 1.165) is 5.39 Å². The van der Waals surface area contributed by atoms with Crippen LogP contribution in [0.1, 0.15) is 19.3 Å². The highest BCUT2D eigenvalue weighted by Gasteiger charge is 2.20. The van der Waals surface area contributed by atoms with Gasteiger partial charge in [-0.1, -0.05) is 0 Å². The van der Waals surface area contributed by atoms with Gasteiger partial charge in [-0.2, -0.15) is 0 Å². The molecule has 0 aliphatic heterocycles. The molecule has 0 bridgehead atoms. The first-order chi connectivity index (χ1) is 19.8. The predicted molar refractivity (Wildman–Crippen MR) is 147 cm³/mol. The summed E-state index contributed by atoms with van der Waals surface area (Å²) < 4.78 is 21.1. The minimum absolute atomic E-state index is 0.236. The molecule has 0 fully saturated rings. The van der Waals surface area contributed by atoms with E-state index in [4.69, 9.17) is 24.2 Å². The number of carbonyl (C=O) groups excluding carboxylic acids is 3. The van der Waals surface area contributed by atoms with Crippen LogP contribution in [0.4, 0.5) is 0 Å². The van der Waals surface area contributed by atoms with Crippen molar-refractivity contribution in [3.8, 4) is 11.5 Å².